The first-order chi connectivity index (χ1) is 8.45. The highest BCUT2D eigenvalue weighted by Gasteiger charge is 2.10. The maximum Gasteiger partial charge on any atom is 0.129 e. The van der Waals surface area contributed by atoms with Crippen LogP contribution in [0.1, 0.15) is 31.9 Å². The van der Waals surface area contributed by atoms with Crippen molar-refractivity contribution in [3.63, 3.8) is 0 Å². The fourth-order valence-electron chi connectivity index (χ4n) is 1.48. The highest BCUT2D eigenvalue weighted by molar-refractivity contribution is 5.97. The van der Waals surface area contributed by atoms with Crippen LogP contribution in [-0.4, -0.2) is 19.0 Å². The molecule has 0 fully saturated rings. The summed E-state index contributed by atoms with van der Waals surface area (Å²) in [4.78, 5) is 0. The first-order valence-corrected chi connectivity index (χ1v) is 6.08. The molecule has 0 spiro atoms. The van der Waals surface area contributed by atoms with Gasteiger partial charge in [0.15, 0.2) is 0 Å². The number of methoxy groups -OCH3 is 1. The summed E-state index contributed by atoms with van der Waals surface area (Å²) in [7, 11) is 1.57. The molecule has 100 valence electrons. The molecule has 0 amide bonds. The van der Waals surface area contributed by atoms with E-state index < -0.39 is 0 Å². The summed E-state index contributed by atoms with van der Waals surface area (Å²) < 4.78 is 10.9. The van der Waals surface area contributed by atoms with Crippen LogP contribution in [0.25, 0.3) is 0 Å². The number of nitrogens with two attached hydrogens (primary N) is 1. The molecule has 4 nitrogen and oxygen atoms in total. The van der Waals surface area contributed by atoms with Crippen molar-refractivity contribution in [1.82, 2.24) is 0 Å². The highest BCUT2D eigenvalue weighted by atomic mass is 16.5. The third-order valence-electron chi connectivity index (χ3n) is 3.01. The highest BCUT2D eigenvalue weighted by Crippen LogP contribution is 2.20. The van der Waals surface area contributed by atoms with Crippen molar-refractivity contribution in [1.29, 1.82) is 5.41 Å². The summed E-state index contributed by atoms with van der Waals surface area (Å²) >= 11 is 0. The third-order valence-corrected chi connectivity index (χ3v) is 3.01. The Kier molecular flexibility index (Phi) is 5.16. The Morgan fingerprint density at radius 2 is 2.00 bits per heavy atom. The standard InChI is InChI=1S/C14H22N2O2/c1-9(2)10(3)18-8-11-5-6-13(17-4)12(7-11)14(15)16/h5-7,9-10H,8H2,1-4H3,(H3,15,16). The Labute approximate surface area is 109 Å². The second kappa shape index (κ2) is 6.40. The Morgan fingerprint density at radius 3 is 2.50 bits per heavy atom. The lowest BCUT2D eigenvalue weighted by molar-refractivity contribution is 0.0235. The van der Waals surface area contributed by atoms with Gasteiger partial charge in [-0.25, -0.2) is 0 Å². The van der Waals surface area contributed by atoms with Gasteiger partial charge in [0, 0.05) is 0 Å². The van der Waals surface area contributed by atoms with Gasteiger partial charge in [0.2, 0.25) is 0 Å². The van der Waals surface area contributed by atoms with Crippen LogP contribution in [0.15, 0.2) is 18.2 Å². The molecule has 18 heavy (non-hydrogen) atoms. The molecule has 0 aliphatic rings. The molecule has 1 aromatic rings. The molecule has 0 radical (unpaired) electrons. The van der Waals surface area contributed by atoms with Crippen LogP contribution in [0.3, 0.4) is 0 Å². The monoisotopic (exact) mass is 250 g/mol. The Morgan fingerprint density at radius 1 is 1.33 bits per heavy atom. The van der Waals surface area contributed by atoms with Crippen molar-refractivity contribution in [2.45, 2.75) is 33.5 Å². The third kappa shape index (κ3) is 3.74. The average Bonchev–Trinajstić information content (AvgIpc) is 2.35. The number of hydrogen-bond acceptors (Lipinski definition) is 3. The topological polar surface area (TPSA) is 68.3 Å². The largest absolute Gasteiger partial charge is 0.496 e. The Balaban J connectivity index is 2.79. The van der Waals surface area contributed by atoms with Gasteiger partial charge in [0.25, 0.3) is 0 Å². The van der Waals surface area contributed by atoms with E-state index in [2.05, 4.69) is 20.8 Å². The summed E-state index contributed by atoms with van der Waals surface area (Å²) in [5.74, 6) is 1.10. The van der Waals surface area contributed by atoms with Gasteiger partial charge in [-0.3, -0.25) is 5.41 Å². The van der Waals surface area contributed by atoms with E-state index in [1.54, 1.807) is 7.11 Å². The van der Waals surface area contributed by atoms with E-state index in [1.807, 2.05) is 18.2 Å². The molecule has 0 saturated heterocycles. The Hall–Kier alpha value is -1.55. The van der Waals surface area contributed by atoms with Gasteiger partial charge in [0.1, 0.15) is 11.6 Å². The molecule has 1 unspecified atom stereocenters. The smallest absolute Gasteiger partial charge is 0.129 e. The minimum atomic E-state index is 0.00519. The average molecular weight is 250 g/mol. The molecule has 0 bridgehead atoms. The van der Waals surface area contributed by atoms with Crippen LogP contribution < -0.4 is 10.5 Å². The Bertz CT molecular complexity index is 416. The molecule has 3 N–H and O–H groups in total. The van der Waals surface area contributed by atoms with Crippen molar-refractivity contribution >= 4 is 5.84 Å². The summed E-state index contributed by atoms with van der Waals surface area (Å²) in [6.45, 7) is 6.82. The first-order valence-electron chi connectivity index (χ1n) is 6.08. The van der Waals surface area contributed by atoms with Gasteiger partial charge in [-0.1, -0.05) is 19.9 Å². The van der Waals surface area contributed by atoms with Gasteiger partial charge in [-0.2, -0.15) is 0 Å². The zero-order valence-corrected chi connectivity index (χ0v) is 11.5. The summed E-state index contributed by atoms with van der Waals surface area (Å²) in [5.41, 5.74) is 7.13. The molecular formula is C14H22N2O2. The van der Waals surface area contributed by atoms with Gasteiger partial charge in [-0.05, 0) is 30.5 Å². The summed E-state index contributed by atoms with van der Waals surface area (Å²) in [6, 6.07) is 5.59. The van der Waals surface area contributed by atoms with Crippen molar-refractivity contribution in [2.75, 3.05) is 7.11 Å². The molecule has 0 saturated carbocycles. The number of benzene rings is 1. The fourth-order valence-corrected chi connectivity index (χ4v) is 1.48. The molecule has 0 aliphatic heterocycles. The minimum absolute atomic E-state index is 0.00519. The van der Waals surface area contributed by atoms with Crippen molar-refractivity contribution in [3.8, 4) is 5.75 Å². The number of nitrogens with one attached hydrogen (secondary N) is 1. The second-order valence-electron chi connectivity index (χ2n) is 4.71. The molecule has 4 heteroatoms. The van der Waals surface area contributed by atoms with E-state index in [-0.39, 0.29) is 11.9 Å². The van der Waals surface area contributed by atoms with Gasteiger partial charge < -0.3 is 15.2 Å². The van der Waals surface area contributed by atoms with Crippen molar-refractivity contribution < 1.29 is 9.47 Å². The number of rotatable bonds is 6. The van der Waals surface area contributed by atoms with Gasteiger partial charge in [0.05, 0.1) is 25.4 Å². The second-order valence-corrected chi connectivity index (χ2v) is 4.71. The number of hydrogen-bond donors (Lipinski definition) is 2. The van der Waals surface area contributed by atoms with Crippen LogP contribution >= 0.6 is 0 Å². The lowest BCUT2D eigenvalue weighted by Crippen LogP contribution is -2.16. The van der Waals surface area contributed by atoms with E-state index in [1.165, 1.54) is 0 Å². The quantitative estimate of drug-likeness (QED) is 0.602. The fraction of sp³-hybridized carbons (Fsp3) is 0.500. The minimum Gasteiger partial charge on any atom is -0.496 e. The maximum absolute atomic E-state index is 7.52. The van der Waals surface area contributed by atoms with E-state index >= 15 is 0 Å². The molecular weight excluding hydrogens is 228 g/mol. The van der Waals surface area contributed by atoms with E-state index in [4.69, 9.17) is 20.6 Å². The molecule has 0 aromatic heterocycles. The predicted octanol–water partition coefficient (Wildman–Crippen LogP) is 2.54. The van der Waals surface area contributed by atoms with Crippen molar-refractivity contribution in [2.24, 2.45) is 11.7 Å². The molecule has 1 rings (SSSR count). The van der Waals surface area contributed by atoms with Gasteiger partial charge >= 0.3 is 0 Å². The van der Waals surface area contributed by atoms with Crippen molar-refractivity contribution in [3.05, 3.63) is 29.3 Å². The van der Waals surface area contributed by atoms with E-state index in [0.717, 1.165) is 5.56 Å². The lowest BCUT2D eigenvalue weighted by Gasteiger charge is -2.17. The van der Waals surface area contributed by atoms with Crippen LogP contribution in [-0.2, 0) is 11.3 Å². The SMILES string of the molecule is COc1ccc(COC(C)C(C)C)cc1C(=N)N. The van der Waals surface area contributed by atoms with Crippen LogP contribution in [0, 0.1) is 11.3 Å². The maximum atomic E-state index is 7.52. The zero-order chi connectivity index (χ0) is 13.7. The number of ether oxygens (including phenoxy) is 2. The first kappa shape index (κ1) is 14.5. The van der Waals surface area contributed by atoms with E-state index in [9.17, 15) is 0 Å². The number of amidine groups is 1. The molecule has 0 heterocycles. The predicted molar refractivity (Wildman–Crippen MR) is 73.1 cm³/mol. The summed E-state index contributed by atoms with van der Waals surface area (Å²) in [5, 5.41) is 7.52. The normalized spacial score (nSPS) is 12.5. The lowest BCUT2D eigenvalue weighted by atomic mass is 10.1. The van der Waals surface area contributed by atoms with Gasteiger partial charge in [-0.15, -0.1) is 0 Å². The summed E-state index contributed by atoms with van der Waals surface area (Å²) in [6.07, 6.45) is 0.202. The molecule has 1 atom stereocenters. The number of nitrogen functional groups attached to an aromatic ring is 1. The zero-order valence-electron chi connectivity index (χ0n) is 11.5. The van der Waals surface area contributed by atoms with E-state index in [0.29, 0.717) is 23.8 Å². The van der Waals surface area contributed by atoms with Crippen LogP contribution in [0.2, 0.25) is 0 Å². The van der Waals surface area contributed by atoms with Crippen LogP contribution in [0.4, 0.5) is 0 Å². The molecule has 0 aliphatic carbocycles. The van der Waals surface area contributed by atoms with Crippen LogP contribution in [0.5, 0.6) is 5.75 Å². The molecule has 1 aromatic carbocycles.